The summed E-state index contributed by atoms with van der Waals surface area (Å²) in [7, 11) is 0. The minimum atomic E-state index is -1.53. The highest BCUT2D eigenvalue weighted by Gasteiger charge is 2.33. The van der Waals surface area contributed by atoms with Crippen LogP contribution < -0.4 is 43.0 Å². The van der Waals surface area contributed by atoms with Crippen molar-refractivity contribution in [1.82, 2.24) is 37.2 Å². The van der Waals surface area contributed by atoms with Gasteiger partial charge in [0.1, 0.15) is 42.3 Å². The average Bonchev–Trinajstić information content (AvgIpc) is 3.05. The summed E-state index contributed by atoms with van der Waals surface area (Å²) in [5.74, 6) is -7.77. The van der Waals surface area contributed by atoms with Crippen LogP contribution in [0.15, 0.2) is 0 Å². The van der Waals surface area contributed by atoms with E-state index < -0.39 is 121 Å². The van der Waals surface area contributed by atoms with Crippen LogP contribution in [0.2, 0.25) is 0 Å². The zero-order chi connectivity index (χ0) is 38.9. The van der Waals surface area contributed by atoms with Crippen LogP contribution in [0.25, 0.3) is 0 Å². The number of carbonyl (C=O) groups excluding carboxylic acids is 7. The molecule has 286 valence electrons. The SMILES string of the molecule is CC[C@H](C)[C@H](NC(=O)[C@H](CO)NC(=O)CNC(=O)[C@@H](NC(=O)[C@H](C)NC(=O)[C@H](C)NC(=O)[C@@H](N)CO)C(C)C)C(=O)N[C@@H](CC(C)C)C(=O)O. The molecule has 0 unspecified atom stereocenters. The number of nitrogens with two attached hydrogens (primary N) is 1. The summed E-state index contributed by atoms with van der Waals surface area (Å²) in [4.78, 5) is 100. The number of aliphatic hydroxyl groups excluding tert-OH is 2. The molecule has 0 bridgehead atoms. The number of nitrogens with one attached hydrogen (secondary N) is 7. The number of carboxylic acids is 1. The Labute approximate surface area is 292 Å². The summed E-state index contributed by atoms with van der Waals surface area (Å²) in [6.45, 7) is 10.8. The summed E-state index contributed by atoms with van der Waals surface area (Å²) in [6, 6.07) is -8.54. The van der Waals surface area contributed by atoms with Gasteiger partial charge in [-0.05, 0) is 38.0 Å². The van der Waals surface area contributed by atoms with Gasteiger partial charge in [0.2, 0.25) is 41.4 Å². The molecule has 0 rings (SSSR count). The van der Waals surface area contributed by atoms with Gasteiger partial charge in [0, 0.05) is 0 Å². The Balaban J connectivity index is 5.33. The van der Waals surface area contributed by atoms with Crippen molar-refractivity contribution >= 4 is 47.3 Å². The molecule has 19 nitrogen and oxygen atoms in total. The maximum atomic E-state index is 13.0. The Hall–Kier alpha value is -4.36. The molecule has 8 atom stereocenters. The highest BCUT2D eigenvalue weighted by atomic mass is 16.4. The molecule has 0 heterocycles. The van der Waals surface area contributed by atoms with Gasteiger partial charge in [0.15, 0.2) is 0 Å². The molecule has 0 aromatic carbocycles. The van der Waals surface area contributed by atoms with Gasteiger partial charge >= 0.3 is 5.97 Å². The topological polar surface area (TPSA) is 307 Å². The van der Waals surface area contributed by atoms with Crippen molar-refractivity contribution in [3.05, 3.63) is 0 Å². The molecule has 0 spiro atoms. The van der Waals surface area contributed by atoms with Gasteiger partial charge < -0.3 is 58.3 Å². The van der Waals surface area contributed by atoms with E-state index in [1.807, 2.05) is 0 Å². The van der Waals surface area contributed by atoms with Crippen LogP contribution in [0.1, 0.15) is 68.2 Å². The Morgan fingerprint density at radius 3 is 1.58 bits per heavy atom. The lowest BCUT2D eigenvalue weighted by Gasteiger charge is -2.27. The van der Waals surface area contributed by atoms with E-state index in [4.69, 9.17) is 10.8 Å². The van der Waals surface area contributed by atoms with Crippen molar-refractivity contribution in [3.63, 3.8) is 0 Å². The number of aliphatic hydroxyl groups is 2. The smallest absolute Gasteiger partial charge is 0.326 e. The predicted molar refractivity (Wildman–Crippen MR) is 179 cm³/mol. The molecule has 19 heteroatoms. The van der Waals surface area contributed by atoms with Gasteiger partial charge in [0.05, 0.1) is 19.8 Å². The molecule has 12 N–H and O–H groups in total. The van der Waals surface area contributed by atoms with E-state index in [9.17, 15) is 48.6 Å². The fourth-order valence-electron chi connectivity index (χ4n) is 4.31. The Morgan fingerprint density at radius 2 is 1.12 bits per heavy atom. The molecule has 50 heavy (non-hydrogen) atoms. The minimum absolute atomic E-state index is 0.0409. The van der Waals surface area contributed by atoms with Gasteiger partial charge in [0.25, 0.3) is 0 Å². The molecule has 0 aliphatic rings. The number of amides is 7. The molecule has 0 aliphatic heterocycles. The molecular formula is C31H56N8O11. The van der Waals surface area contributed by atoms with E-state index in [-0.39, 0.29) is 12.3 Å². The van der Waals surface area contributed by atoms with Gasteiger partial charge in [-0.15, -0.1) is 0 Å². The van der Waals surface area contributed by atoms with Crippen molar-refractivity contribution in [2.45, 2.75) is 111 Å². The van der Waals surface area contributed by atoms with Crippen molar-refractivity contribution in [2.24, 2.45) is 23.5 Å². The van der Waals surface area contributed by atoms with Crippen molar-refractivity contribution in [1.29, 1.82) is 0 Å². The van der Waals surface area contributed by atoms with Crippen LogP contribution >= 0.6 is 0 Å². The largest absolute Gasteiger partial charge is 0.480 e. The second-order valence-electron chi connectivity index (χ2n) is 12.9. The predicted octanol–water partition coefficient (Wildman–Crippen LogP) is -3.80. The monoisotopic (exact) mass is 716 g/mol. The highest BCUT2D eigenvalue weighted by molar-refractivity contribution is 5.96. The van der Waals surface area contributed by atoms with E-state index in [1.54, 1.807) is 41.5 Å². The number of rotatable bonds is 22. The fourth-order valence-corrected chi connectivity index (χ4v) is 4.31. The lowest BCUT2D eigenvalue weighted by atomic mass is 9.96. The third-order valence-corrected chi connectivity index (χ3v) is 7.66. The van der Waals surface area contributed by atoms with Gasteiger partial charge in [-0.2, -0.15) is 0 Å². The van der Waals surface area contributed by atoms with Crippen LogP contribution in [-0.2, 0) is 38.4 Å². The minimum Gasteiger partial charge on any atom is -0.480 e. The number of carboxylic acid groups (broad SMARTS) is 1. The summed E-state index contributed by atoms with van der Waals surface area (Å²) >= 11 is 0. The van der Waals surface area contributed by atoms with Crippen LogP contribution in [-0.4, -0.2) is 125 Å². The number of carbonyl (C=O) groups is 8. The van der Waals surface area contributed by atoms with Crippen molar-refractivity contribution in [2.75, 3.05) is 19.8 Å². The second kappa shape index (κ2) is 22.4. The summed E-state index contributed by atoms with van der Waals surface area (Å²) in [6.07, 6.45) is 0.585. The molecule has 0 saturated heterocycles. The third kappa shape index (κ3) is 15.9. The molecular weight excluding hydrogens is 660 g/mol. The van der Waals surface area contributed by atoms with Gasteiger partial charge in [-0.25, -0.2) is 4.79 Å². The zero-order valence-electron chi connectivity index (χ0n) is 30.0. The van der Waals surface area contributed by atoms with Gasteiger partial charge in [-0.1, -0.05) is 48.0 Å². The maximum absolute atomic E-state index is 13.0. The van der Waals surface area contributed by atoms with Crippen LogP contribution in [0.4, 0.5) is 0 Å². The lowest BCUT2D eigenvalue weighted by molar-refractivity contribution is -0.143. The van der Waals surface area contributed by atoms with Crippen LogP contribution in [0.3, 0.4) is 0 Å². The highest BCUT2D eigenvalue weighted by Crippen LogP contribution is 2.11. The maximum Gasteiger partial charge on any atom is 0.326 e. The van der Waals surface area contributed by atoms with E-state index in [0.29, 0.717) is 6.42 Å². The third-order valence-electron chi connectivity index (χ3n) is 7.66. The zero-order valence-corrected chi connectivity index (χ0v) is 30.0. The lowest BCUT2D eigenvalue weighted by Crippen LogP contribution is -2.59. The Kier molecular flexibility index (Phi) is 20.4. The molecule has 0 fully saturated rings. The van der Waals surface area contributed by atoms with Crippen LogP contribution in [0.5, 0.6) is 0 Å². The summed E-state index contributed by atoms with van der Waals surface area (Å²) in [5, 5.41) is 45.0. The van der Waals surface area contributed by atoms with Gasteiger partial charge in [-0.3, -0.25) is 33.6 Å². The van der Waals surface area contributed by atoms with Crippen molar-refractivity contribution < 1.29 is 53.7 Å². The standard InChI is InChI=1S/C31H56N8O11/c1-9-16(6)24(30(48)37-20(31(49)50)10-14(2)3)39-28(46)21(13-41)36-22(42)11-33-29(47)23(15(4)5)38-26(44)18(8)34-25(43)17(7)35-27(45)19(32)12-40/h14-21,23-24,40-41H,9-13,32H2,1-8H3,(H,33,47)(H,34,43)(H,35,45)(H,36,42)(H,37,48)(H,38,44)(H,39,46)(H,49,50)/t16-,17-,18-,19-,20-,21-,23-,24-/m0/s1. The first-order valence-corrected chi connectivity index (χ1v) is 16.5. The first-order valence-electron chi connectivity index (χ1n) is 16.5. The molecule has 0 aliphatic carbocycles. The number of hydrogen-bond acceptors (Lipinski definition) is 11. The fraction of sp³-hybridized carbons (Fsp3) is 0.742. The first-order chi connectivity index (χ1) is 23.2. The number of hydrogen-bond donors (Lipinski definition) is 11. The molecule has 0 aromatic rings. The quantitative estimate of drug-likeness (QED) is 0.0514. The normalized spacial score (nSPS) is 15.9. The number of aliphatic carboxylic acids is 1. The Bertz CT molecular complexity index is 1200. The van der Waals surface area contributed by atoms with E-state index in [0.717, 1.165) is 0 Å². The molecule has 0 aromatic heterocycles. The average molecular weight is 717 g/mol. The summed E-state index contributed by atoms with van der Waals surface area (Å²) < 4.78 is 0. The molecule has 7 amide bonds. The van der Waals surface area contributed by atoms with Crippen molar-refractivity contribution in [3.8, 4) is 0 Å². The molecule has 0 saturated carbocycles. The van der Waals surface area contributed by atoms with E-state index in [2.05, 4.69) is 37.2 Å². The van der Waals surface area contributed by atoms with E-state index in [1.165, 1.54) is 13.8 Å². The van der Waals surface area contributed by atoms with Crippen LogP contribution in [0, 0.1) is 17.8 Å². The second-order valence-corrected chi connectivity index (χ2v) is 12.9. The van der Waals surface area contributed by atoms with E-state index >= 15 is 0 Å². The first kappa shape index (κ1) is 45.6. The summed E-state index contributed by atoms with van der Waals surface area (Å²) in [5.41, 5.74) is 5.41. The Morgan fingerprint density at radius 1 is 0.600 bits per heavy atom. The molecule has 0 radical (unpaired) electrons.